The van der Waals surface area contributed by atoms with Gasteiger partial charge in [0.25, 0.3) is 5.91 Å². The number of hydrogen-bond donors (Lipinski definition) is 1. The molecule has 2 heterocycles. The van der Waals surface area contributed by atoms with E-state index >= 15 is 0 Å². The molecule has 1 aliphatic carbocycles. The number of nitrogens with zero attached hydrogens (tertiary/aromatic N) is 2. The molecule has 6 heteroatoms. The first kappa shape index (κ1) is 16.5. The zero-order chi connectivity index (χ0) is 17.6. The summed E-state index contributed by atoms with van der Waals surface area (Å²) in [6.45, 7) is 0.518. The molecule has 132 valence electrons. The van der Waals surface area contributed by atoms with E-state index in [1.807, 2.05) is 23.1 Å². The molecule has 3 aliphatic rings. The number of amides is 3. The third kappa shape index (κ3) is 2.71. The lowest BCUT2D eigenvalue weighted by molar-refractivity contribution is -0.128. The van der Waals surface area contributed by atoms with Gasteiger partial charge in [0.05, 0.1) is 23.9 Å². The quantitative estimate of drug-likeness (QED) is 0.879. The standard InChI is InChI=1S/C19H22ClN3O2/c1-22-15-11-23(12-7-3-2-4-8-12)18(24)16(15)17(21-19(22)25)13-9-5-6-10-14(13)20/h5-6,9-10,12,17H,2-4,7-8,11H2,1H3,(H,21,25)/t17-/m0/s1. The number of carbonyl (C=O) groups is 2. The molecule has 5 nitrogen and oxygen atoms in total. The fraction of sp³-hybridized carbons (Fsp3) is 0.474. The molecule has 3 amide bonds. The number of carbonyl (C=O) groups excluding carboxylic acids is 2. The molecule has 0 radical (unpaired) electrons. The van der Waals surface area contributed by atoms with Crippen molar-refractivity contribution in [1.82, 2.24) is 15.1 Å². The highest BCUT2D eigenvalue weighted by atomic mass is 35.5. The summed E-state index contributed by atoms with van der Waals surface area (Å²) in [5.41, 5.74) is 2.25. The number of nitrogens with one attached hydrogen (secondary N) is 1. The number of urea groups is 1. The average molecular weight is 360 g/mol. The highest BCUT2D eigenvalue weighted by molar-refractivity contribution is 6.31. The van der Waals surface area contributed by atoms with Gasteiger partial charge in [-0.05, 0) is 24.5 Å². The Morgan fingerprint density at radius 1 is 1.12 bits per heavy atom. The smallest absolute Gasteiger partial charge is 0.322 e. The number of benzene rings is 1. The van der Waals surface area contributed by atoms with E-state index in [9.17, 15) is 9.59 Å². The van der Waals surface area contributed by atoms with Crippen LogP contribution >= 0.6 is 11.6 Å². The summed E-state index contributed by atoms with van der Waals surface area (Å²) in [6, 6.07) is 7.00. The summed E-state index contributed by atoms with van der Waals surface area (Å²) in [5.74, 6) is 0.0404. The van der Waals surface area contributed by atoms with Crippen LogP contribution in [0.1, 0.15) is 43.7 Å². The van der Waals surface area contributed by atoms with Crippen LogP contribution in [0.25, 0.3) is 0 Å². The van der Waals surface area contributed by atoms with Crippen molar-refractivity contribution in [2.45, 2.75) is 44.2 Å². The van der Waals surface area contributed by atoms with Crippen molar-refractivity contribution < 1.29 is 9.59 Å². The lowest BCUT2D eigenvalue weighted by atomic mass is 9.93. The summed E-state index contributed by atoms with van der Waals surface area (Å²) < 4.78 is 0. The molecule has 0 aromatic heterocycles. The SMILES string of the molecule is CN1C(=O)N[C@@H](c2ccccc2Cl)C2=C1CN(C1CCCCC1)C2=O. The van der Waals surface area contributed by atoms with E-state index in [0.29, 0.717) is 17.1 Å². The fourth-order valence-electron chi connectivity index (χ4n) is 4.22. The maximum atomic E-state index is 13.2. The van der Waals surface area contributed by atoms with Gasteiger partial charge < -0.3 is 10.2 Å². The van der Waals surface area contributed by atoms with Crippen molar-refractivity contribution in [2.24, 2.45) is 0 Å². The van der Waals surface area contributed by atoms with E-state index < -0.39 is 6.04 Å². The minimum absolute atomic E-state index is 0.0404. The molecule has 4 rings (SSSR count). The molecule has 0 spiro atoms. The Kier molecular flexibility index (Phi) is 4.20. The fourth-order valence-corrected chi connectivity index (χ4v) is 4.46. The summed E-state index contributed by atoms with van der Waals surface area (Å²) in [7, 11) is 1.73. The van der Waals surface area contributed by atoms with Gasteiger partial charge in [0.1, 0.15) is 0 Å². The second-order valence-corrected chi connectivity index (χ2v) is 7.46. The minimum atomic E-state index is -0.478. The molecule has 0 unspecified atom stereocenters. The van der Waals surface area contributed by atoms with Crippen molar-refractivity contribution >= 4 is 23.5 Å². The first-order valence-electron chi connectivity index (χ1n) is 8.90. The molecular formula is C19H22ClN3O2. The highest BCUT2D eigenvalue weighted by Crippen LogP contribution is 2.39. The van der Waals surface area contributed by atoms with Crippen molar-refractivity contribution in [3.63, 3.8) is 0 Å². The molecule has 2 aliphatic heterocycles. The molecule has 25 heavy (non-hydrogen) atoms. The predicted octanol–water partition coefficient (Wildman–Crippen LogP) is 3.47. The van der Waals surface area contributed by atoms with E-state index in [1.54, 1.807) is 18.0 Å². The van der Waals surface area contributed by atoms with Gasteiger partial charge in [-0.25, -0.2) is 4.79 Å². The lowest BCUT2D eigenvalue weighted by Crippen LogP contribution is -2.45. The van der Waals surface area contributed by atoms with Crippen LogP contribution in [0.3, 0.4) is 0 Å². The third-order valence-corrected chi connectivity index (χ3v) is 5.96. The number of rotatable bonds is 2. The van der Waals surface area contributed by atoms with Crippen molar-refractivity contribution in [3.05, 3.63) is 46.1 Å². The average Bonchev–Trinajstić information content (AvgIpc) is 2.97. The Labute approximate surface area is 152 Å². The summed E-state index contributed by atoms with van der Waals surface area (Å²) in [6.07, 6.45) is 5.68. The number of halogens is 1. The van der Waals surface area contributed by atoms with Gasteiger partial charge in [0.2, 0.25) is 0 Å². The molecule has 1 aromatic carbocycles. The van der Waals surface area contributed by atoms with Crippen LogP contribution in [0, 0.1) is 0 Å². The van der Waals surface area contributed by atoms with Gasteiger partial charge in [0.15, 0.2) is 0 Å². The van der Waals surface area contributed by atoms with Gasteiger partial charge >= 0.3 is 6.03 Å². The van der Waals surface area contributed by atoms with E-state index in [-0.39, 0.29) is 18.0 Å². The van der Waals surface area contributed by atoms with Gasteiger partial charge in [0, 0.05) is 18.1 Å². The number of hydrogen-bond acceptors (Lipinski definition) is 2. The highest BCUT2D eigenvalue weighted by Gasteiger charge is 2.45. The second-order valence-electron chi connectivity index (χ2n) is 7.05. The molecule has 1 fully saturated rings. The molecule has 1 atom stereocenters. The Morgan fingerprint density at radius 2 is 1.84 bits per heavy atom. The van der Waals surface area contributed by atoms with E-state index in [4.69, 9.17) is 11.6 Å². The van der Waals surface area contributed by atoms with Crippen LogP contribution in [-0.4, -0.2) is 41.4 Å². The van der Waals surface area contributed by atoms with Crippen LogP contribution in [0.4, 0.5) is 4.79 Å². The molecule has 1 saturated carbocycles. The van der Waals surface area contributed by atoms with Crippen LogP contribution in [0.5, 0.6) is 0 Å². The van der Waals surface area contributed by atoms with Crippen LogP contribution in [0.15, 0.2) is 35.5 Å². The van der Waals surface area contributed by atoms with Crippen molar-refractivity contribution in [1.29, 1.82) is 0 Å². The van der Waals surface area contributed by atoms with Crippen LogP contribution < -0.4 is 5.32 Å². The van der Waals surface area contributed by atoms with E-state index in [2.05, 4.69) is 5.32 Å². The maximum Gasteiger partial charge on any atom is 0.322 e. The van der Waals surface area contributed by atoms with E-state index in [1.165, 1.54) is 19.3 Å². The molecular weight excluding hydrogens is 338 g/mol. The lowest BCUT2D eigenvalue weighted by Gasteiger charge is -2.31. The zero-order valence-corrected chi connectivity index (χ0v) is 15.1. The largest absolute Gasteiger partial charge is 0.330 e. The third-order valence-electron chi connectivity index (χ3n) is 5.62. The molecule has 1 aromatic rings. The van der Waals surface area contributed by atoms with Gasteiger partial charge in [-0.1, -0.05) is 49.1 Å². The molecule has 0 saturated heterocycles. The maximum absolute atomic E-state index is 13.2. The number of likely N-dealkylation sites (N-methyl/N-ethyl adjacent to an activating group) is 1. The molecule has 0 bridgehead atoms. The zero-order valence-electron chi connectivity index (χ0n) is 14.3. The van der Waals surface area contributed by atoms with Crippen LogP contribution in [0.2, 0.25) is 5.02 Å². The van der Waals surface area contributed by atoms with Crippen molar-refractivity contribution in [3.8, 4) is 0 Å². The Morgan fingerprint density at radius 3 is 2.56 bits per heavy atom. The normalized spacial score (nSPS) is 24.6. The Bertz CT molecular complexity index is 755. The van der Waals surface area contributed by atoms with Crippen molar-refractivity contribution in [2.75, 3.05) is 13.6 Å². The van der Waals surface area contributed by atoms with Gasteiger partial charge in [-0.3, -0.25) is 9.69 Å². The monoisotopic (exact) mass is 359 g/mol. The molecule has 1 N–H and O–H groups in total. The summed E-state index contributed by atoms with van der Waals surface area (Å²) in [4.78, 5) is 29.2. The topological polar surface area (TPSA) is 52.7 Å². The van der Waals surface area contributed by atoms with E-state index in [0.717, 1.165) is 24.1 Å². The van der Waals surface area contributed by atoms with Gasteiger partial charge in [-0.15, -0.1) is 0 Å². The Balaban J connectivity index is 1.72. The second kappa shape index (κ2) is 6.37. The Hall–Kier alpha value is -2.01. The minimum Gasteiger partial charge on any atom is -0.330 e. The van der Waals surface area contributed by atoms with Crippen LogP contribution in [-0.2, 0) is 4.79 Å². The summed E-state index contributed by atoms with van der Waals surface area (Å²) >= 11 is 6.35. The first-order chi connectivity index (χ1) is 12.1. The predicted molar refractivity (Wildman–Crippen MR) is 96.1 cm³/mol. The first-order valence-corrected chi connectivity index (χ1v) is 9.28. The summed E-state index contributed by atoms with van der Waals surface area (Å²) in [5, 5.41) is 3.51. The van der Waals surface area contributed by atoms with Gasteiger partial charge in [-0.2, -0.15) is 0 Å².